The van der Waals surface area contributed by atoms with Crippen LogP contribution in [0.15, 0.2) is 23.1 Å². The first kappa shape index (κ1) is 22.1. The van der Waals surface area contributed by atoms with E-state index in [0.717, 1.165) is 17.1 Å². The predicted octanol–water partition coefficient (Wildman–Crippen LogP) is 4.52. The van der Waals surface area contributed by atoms with Gasteiger partial charge in [-0.15, -0.1) is 11.8 Å². The Bertz CT molecular complexity index is 636. The molecule has 2 rings (SSSR count). The SMILES string of the molecule is CCN(CC1CCN(C(=O)CCSc2ccc(C)c(C)c2)C1)CC(F)(F)F. The maximum atomic E-state index is 12.6. The van der Waals surface area contributed by atoms with Gasteiger partial charge < -0.3 is 4.90 Å². The summed E-state index contributed by atoms with van der Waals surface area (Å²) < 4.78 is 37.8. The second kappa shape index (κ2) is 9.82. The van der Waals surface area contributed by atoms with Crippen LogP contribution in [0.25, 0.3) is 0 Å². The Morgan fingerprint density at radius 3 is 2.67 bits per heavy atom. The Kier molecular flexibility index (Phi) is 8.04. The molecule has 152 valence electrons. The molecule has 1 aliphatic rings. The normalized spacial score (nSPS) is 17.7. The Labute approximate surface area is 164 Å². The molecule has 27 heavy (non-hydrogen) atoms. The number of halogens is 3. The average Bonchev–Trinajstić information content (AvgIpc) is 3.04. The molecule has 1 aliphatic heterocycles. The first-order valence-corrected chi connectivity index (χ1v) is 10.4. The average molecular weight is 403 g/mol. The van der Waals surface area contributed by atoms with Gasteiger partial charge in [0.05, 0.1) is 6.54 Å². The van der Waals surface area contributed by atoms with Crippen LogP contribution in [0.5, 0.6) is 0 Å². The number of amides is 1. The third kappa shape index (κ3) is 7.37. The van der Waals surface area contributed by atoms with E-state index < -0.39 is 12.7 Å². The van der Waals surface area contributed by atoms with Crippen molar-refractivity contribution >= 4 is 17.7 Å². The number of hydrogen-bond acceptors (Lipinski definition) is 3. The summed E-state index contributed by atoms with van der Waals surface area (Å²) in [6, 6.07) is 6.30. The van der Waals surface area contributed by atoms with Crippen molar-refractivity contribution in [1.82, 2.24) is 9.80 Å². The minimum absolute atomic E-state index is 0.104. The molecule has 1 fully saturated rings. The van der Waals surface area contributed by atoms with Crippen molar-refractivity contribution in [2.45, 2.75) is 44.7 Å². The lowest BCUT2D eigenvalue weighted by Crippen LogP contribution is -2.38. The fourth-order valence-corrected chi connectivity index (χ4v) is 4.29. The smallest absolute Gasteiger partial charge is 0.342 e. The predicted molar refractivity (Wildman–Crippen MR) is 104 cm³/mol. The van der Waals surface area contributed by atoms with E-state index in [1.54, 1.807) is 18.7 Å². The number of nitrogens with zero attached hydrogens (tertiary/aromatic N) is 2. The quantitative estimate of drug-likeness (QED) is 0.598. The first-order chi connectivity index (χ1) is 12.7. The van der Waals surface area contributed by atoms with E-state index in [-0.39, 0.29) is 11.8 Å². The summed E-state index contributed by atoms with van der Waals surface area (Å²) in [5, 5.41) is 0. The number of aryl methyl sites for hydroxylation is 2. The molecular formula is C20H29F3N2OS. The van der Waals surface area contributed by atoms with Gasteiger partial charge in [0.1, 0.15) is 0 Å². The Balaban J connectivity index is 1.74. The lowest BCUT2D eigenvalue weighted by molar-refractivity contribution is -0.146. The zero-order valence-corrected chi connectivity index (χ0v) is 17.1. The molecule has 1 atom stereocenters. The number of likely N-dealkylation sites (tertiary alicyclic amines) is 1. The molecule has 0 aliphatic carbocycles. The second-order valence-corrected chi connectivity index (χ2v) is 8.45. The summed E-state index contributed by atoms with van der Waals surface area (Å²) in [7, 11) is 0. The van der Waals surface area contributed by atoms with Crippen molar-refractivity contribution in [3.05, 3.63) is 29.3 Å². The summed E-state index contributed by atoms with van der Waals surface area (Å²) in [6.45, 7) is 7.02. The molecule has 1 saturated heterocycles. The van der Waals surface area contributed by atoms with Crippen LogP contribution >= 0.6 is 11.8 Å². The van der Waals surface area contributed by atoms with Gasteiger partial charge in [-0.05, 0) is 56.0 Å². The highest BCUT2D eigenvalue weighted by Crippen LogP contribution is 2.24. The number of carbonyl (C=O) groups excluding carboxylic acids is 1. The summed E-state index contributed by atoms with van der Waals surface area (Å²) in [5.74, 6) is 0.953. The summed E-state index contributed by atoms with van der Waals surface area (Å²) in [5.41, 5.74) is 2.50. The molecule has 3 nitrogen and oxygen atoms in total. The molecule has 0 aromatic heterocycles. The van der Waals surface area contributed by atoms with E-state index in [0.29, 0.717) is 32.6 Å². The van der Waals surface area contributed by atoms with Gasteiger partial charge in [-0.2, -0.15) is 13.2 Å². The largest absolute Gasteiger partial charge is 0.401 e. The zero-order chi connectivity index (χ0) is 20.0. The maximum absolute atomic E-state index is 12.6. The van der Waals surface area contributed by atoms with Gasteiger partial charge in [0.2, 0.25) is 5.91 Å². The second-order valence-electron chi connectivity index (χ2n) is 7.28. The first-order valence-electron chi connectivity index (χ1n) is 9.45. The van der Waals surface area contributed by atoms with E-state index >= 15 is 0 Å². The van der Waals surface area contributed by atoms with E-state index in [1.807, 2.05) is 4.90 Å². The van der Waals surface area contributed by atoms with Crippen molar-refractivity contribution in [1.29, 1.82) is 0 Å². The molecule has 1 amide bonds. The van der Waals surface area contributed by atoms with Crippen LogP contribution in [0.3, 0.4) is 0 Å². The highest BCUT2D eigenvalue weighted by atomic mass is 32.2. The van der Waals surface area contributed by atoms with Crippen LogP contribution in [0, 0.1) is 19.8 Å². The van der Waals surface area contributed by atoms with Crippen molar-refractivity contribution in [3.63, 3.8) is 0 Å². The highest BCUT2D eigenvalue weighted by molar-refractivity contribution is 7.99. The molecule has 0 saturated carbocycles. The van der Waals surface area contributed by atoms with Crippen molar-refractivity contribution < 1.29 is 18.0 Å². The molecule has 0 radical (unpaired) electrons. The molecule has 0 spiro atoms. The molecular weight excluding hydrogens is 373 g/mol. The number of benzene rings is 1. The Morgan fingerprint density at radius 1 is 1.30 bits per heavy atom. The van der Waals surface area contributed by atoms with E-state index in [4.69, 9.17) is 0 Å². The highest BCUT2D eigenvalue weighted by Gasteiger charge is 2.33. The molecule has 7 heteroatoms. The van der Waals surface area contributed by atoms with Gasteiger partial charge in [0.15, 0.2) is 0 Å². The third-order valence-corrected chi connectivity index (χ3v) is 6.06. The monoisotopic (exact) mass is 402 g/mol. The summed E-state index contributed by atoms with van der Waals surface area (Å²) in [4.78, 5) is 16.8. The van der Waals surface area contributed by atoms with Crippen LogP contribution < -0.4 is 0 Å². The topological polar surface area (TPSA) is 23.6 Å². The van der Waals surface area contributed by atoms with Gasteiger partial charge in [-0.25, -0.2) is 0 Å². The van der Waals surface area contributed by atoms with Gasteiger partial charge in [0, 0.05) is 36.7 Å². The zero-order valence-electron chi connectivity index (χ0n) is 16.3. The van der Waals surface area contributed by atoms with Crippen molar-refractivity contribution in [2.75, 3.05) is 38.5 Å². The number of carbonyl (C=O) groups is 1. The van der Waals surface area contributed by atoms with Gasteiger partial charge in [-0.1, -0.05) is 13.0 Å². The lowest BCUT2D eigenvalue weighted by atomic mass is 10.1. The van der Waals surface area contributed by atoms with Gasteiger partial charge >= 0.3 is 6.18 Å². The van der Waals surface area contributed by atoms with Crippen LogP contribution in [-0.2, 0) is 4.79 Å². The maximum Gasteiger partial charge on any atom is 0.401 e. The molecule has 0 bridgehead atoms. The minimum atomic E-state index is -4.17. The molecule has 1 aromatic carbocycles. The number of hydrogen-bond donors (Lipinski definition) is 0. The lowest BCUT2D eigenvalue weighted by Gasteiger charge is -2.25. The fraction of sp³-hybridized carbons (Fsp3) is 0.650. The molecule has 1 aromatic rings. The number of thioether (sulfide) groups is 1. The molecule has 0 N–H and O–H groups in total. The van der Waals surface area contributed by atoms with Crippen LogP contribution in [-0.4, -0.2) is 60.4 Å². The van der Waals surface area contributed by atoms with E-state index in [2.05, 4.69) is 32.0 Å². The van der Waals surface area contributed by atoms with Crippen LogP contribution in [0.1, 0.15) is 30.9 Å². The fourth-order valence-electron chi connectivity index (χ4n) is 3.35. The third-order valence-electron chi connectivity index (χ3n) is 5.07. The van der Waals surface area contributed by atoms with Crippen molar-refractivity contribution in [3.8, 4) is 0 Å². The minimum Gasteiger partial charge on any atom is -0.342 e. The van der Waals surface area contributed by atoms with Gasteiger partial charge in [-0.3, -0.25) is 9.69 Å². The molecule has 1 unspecified atom stereocenters. The summed E-state index contributed by atoms with van der Waals surface area (Å²) >= 11 is 1.67. The Hall–Kier alpha value is -1.21. The molecule has 1 heterocycles. The van der Waals surface area contributed by atoms with E-state index in [1.165, 1.54) is 16.0 Å². The summed E-state index contributed by atoms with van der Waals surface area (Å²) in [6.07, 6.45) is -2.93. The van der Waals surface area contributed by atoms with Gasteiger partial charge in [0.25, 0.3) is 0 Å². The Morgan fingerprint density at radius 2 is 2.04 bits per heavy atom. The number of rotatable bonds is 8. The van der Waals surface area contributed by atoms with Crippen LogP contribution in [0.4, 0.5) is 13.2 Å². The standard InChI is InChI=1S/C20H29F3N2OS/c1-4-24(14-20(21,22)23)12-17-7-9-25(13-17)19(26)8-10-27-18-6-5-15(2)16(3)11-18/h5-6,11,17H,4,7-10,12-14H2,1-3H3. The number of alkyl halides is 3. The van der Waals surface area contributed by atoms with Crippen molar-refractivity contribution in [2.24, 2.45) is 5.92 Å². The van der Waals surface area contributed by atoms with Crippen LogP contribution in [0.2, 0.25) is 0 Å². The van der Waals surface area contributed by atoms with E-state index in [9.17, 15) is 18.0 Å².